The van der Waals surface area contributed by atoms with E-state index in [1.54, 1.807) is 31.3 Å². The summed E-state index contributed by atoms with van der Waals surface area (Å²) in [6.07, 6.45) is 4.09. The van der Waals surface area contributed by atoms with E-state index in [1.807, 2.05) is 17.9 Å². The molecule has 0 fully saturated rings. The average Bonchev–Trinajstić information content (AvgIpc) is 2.95. The van der Waals surface area contributed by atoms with Gasteiger partial charge in [-0.2, -0.15) is 0 Å². The molecule has 6 heteroatoms. The molecular weight excluding hydrogens is 366 g/mol. The van der Waals surface area contributed by atoms with Crippen LogP contribution in [-0.4, -0.2) is 22.9 Å². The van der Waals surface area contributed by atoms with Crippen molar-refractivity contribution in [3.8, 4) is 0 Å². The molecule has 0 bridgehead atoms. The Kier molecular flexibility index (Phi) is 4.90. The molecule has 0 atom stereocenters. The fraction of sp³-hybridized carbons (Fsp3) is 0.350. The number of thiophene rings is 1. The minimum Gasteiger partial charge on any atom is -0.405 e. The van der Waals surface area contributed by atoms with Crippen LogP contribution in [0.25, 0.3) is 15.7 Å². The maximum absolute atomic E-state index is 12.7. The van der Waals surface area contributed by atoms with Crippen LogP contribution >= 0.6 is 22.9 Å². The molecule has 2 heterocycles. The Hall–Kier alpha value is -1.82. The van der Waals surface area contributed by atoms with E-state index in [-0.39, 0.29) is 5.91 Å². The number of allylic oxidation sites excluding steroid dienone is 2. The molecule has 0 aliphatic carbocycles. The lowest BCUT2D eigenvalue weighted by Crippen LogP contribution is -2.52. The molecule has 1 aromatic carbocycles. The van der Waals surface area contributed by atoms with Crippen LogP contribution < -0.4 is 11.5 Å². The molecule has 1 aromatic heterocycles. The van der Waals surface area contributed by atoms with Gasteiger partial charge in [-0.1, -0.05) is 18.2 Å². The smallest absolute Gasteiger partial charge is 0.242 e. The largest absolute Gasteiger partial charge is 0.405 e. The fourth-order valence-electron chi connectivity index (χ4n) is 3.40. The van der Waals surface area contributed by atoms with Crippen molar-refractivity contribution in [3.63, 3.8) is 0 Å². The lowest BCUT2D eigenvalue weighted by Gasteiger charge is -2.32. The van der Waals surface area contributed by atoms with Crippen molar-refractivity contribution < 1.29 is 4.79 Å². The van der Waals surface area contributed by atoms with E-state index in [2.05, 4.69) is 6.58 Å². The van der Waals surface area contributed by atoms with Gasteiger partial charge in [0, 0.05) is 23.4 Å². The second kappa shape index (κ2) is 6.72. The van der Waals surface area contributed by atoms with Gasteiger partial charge in [-0.25, -0.2) is 0 Å². The van der Waals surface area contributed by atoms with Crippen molar-refractivity contribution in [3.05, 3.63) is 51.5 Å². The van der Waals surface area contributed by atoms with Gasteiger partial charge >= 0.3 is 0 Å². The van der Waals surface area contributed by atoms with Crippen LogP contribution in [0.3, 0.4) is 0 Å². The summed E-state index contributed by atoms with van der Waals surface area (Å²) >= 11 is 8.32. The summed E-state index contributed by atoms with van der Waals surface area (Å²) in [5.74, 6) is -0.0389. The number of halogens is 1. The summed E-state index contributed by atoms with van der Waals surface area (Å²) in [6, 6.07) is 2.05. The average molecular weight is 390 g/mol. The molecule has 138 valence electrons. The molecule has 26 heavy (non-hydrogen) atoms. The summed E-state index contributed by atoms with van der Waals surface area (Å²) in [6.45, 7) is 10.9. The summed E-state index contributed by atoms with van der Waals surface area (Å²) in [5, 5.41) is 1.85. The first-order valence-corrected chi connectivity index (χ1v) is 9.73. The Bertz CT molecular complexity index is 937. The molecular formula is C20H24ClN3OS. The molecule has 4 N–H and O–H groups in total. The highest BCUT2D eigenvalue weighted by molar-refractivity contribution is 7.20. The maximum atomic E-state index is 12.7. The minimum atomic E-state index is -0.883. The number of amides is 1. The molecule has 1 amide bonds. The number of nitrogens with zero attached hydrogens (tertiary/aromatic N) is 1. The van der Waals surface area contributed by atoms with Crippen molar-refractivity contribution in [1.82, 2.24) is 4.90 Å². The quantitative estimate of drug-likeness (QED) is 0.780. The van der Waals surface area contributed by atoms with Crippen LogP contribution in [0, 0.1) is 6.92 Å². The maximum Gasteiger partial charge on any atom is 0.242 e. The lowest BCUT2D eigenvalue weighted by molar-refractivity contribution is -0.136. The van der Waals surface area contributed by atoms with Gasteiger partial charge < -0.3 is 16.4 Å². The van der Waals surface area contributed by atoms with E-state index in [0.717, 1.165) is 43.8 Å². The highest BCUT2D eigenvalue weighted by Crippen LogP contribution is 2.44. The molecule has 2 aromatic rings. The monoisotopic (exact) mass is 389 g/mol. The van der Waals surface area contributed by atoms with Crippen molar-refractivity contribution in [1.29, 1.82) is 0 Å². The van der Waals surface area contributed by atoms with E-state index in [9.17, 15) is 4.79 Å². The predicted molar refractivity (Wildman–Crippen MR) is 111 cm³/mol. The molecule has 1 aliphatic rings. The molecule has 0 saturated heterocycles. The first kappa shape index (κ1) is 19.0. The molecule has 4 nitrogen and oxygen atoms in total. The third kappa shape index (κ3) is 3.15. The Balaban J connectivity index is 2.19. The Morgan fingerprint density at radius 3 is 2.77 bits per heavy atom. The number of rotatable bonds is 3. The van der Waals surface area contributed by atoms with Crippen molar-refractivity contribution in [2.45, 2.75) is 39.3 Å². The number of hydrogen-bond acceptors (Lipinski definition) is 4. The summed E-state index contributed by atoms with van der Waals surface area (Å²) in [7, 11) is 0. The van der Waals surface area contributed by atoms with Gasteiger partial charge in [0.25, 0.3) is 0 Å². The van der Waals surface area contributed by atoms with Crippen molar-refractivity contribution in [2.75, 3.05) is 6.54 Å². The van der Waals surface area contributed by atoms with Crippen LogP contribution in [0.1, 0.15) is 35.4 Å². The number of benzene rings is 1. The number of hydrogen-bond donors (Lipinski definition) is 2. The molecule has 0 spiro atoms. The second-order valence-electron chi connectivity index (χ2n) is 7.35. The van der Waals surface area contributed by atoms with Gasteiger partial charge in [-0.3, -0.25) is 4.79 Å². The molecule has 0 unspecified atom stereocenters. The van der Waals surface area contributed by atoms with Gasteiger partial charge in [-0.15, -0.1) is 11.3 Å². The third-order valence-corrected chi connectivity index (χ3v) is 6.61. The Morgan fingerprint density at radius 1 is 1.46 bits per heavy atom. The Labute approximate surface area is 163 Å². The van der Waals surface area contributed by atoms with Crippen LogP contribution in [0.5, 0.6) is 0 Å². The van der Waals surface area contributed by atoms with Gasteiger partial charge in [-0.05, 0) is 67.8 Å². The minimum absolute atomic E-state index is 0.0389. The first-order chi connectivity index (χ1) is 12.1. The van der Waals surface area contributed by atoms with Crippen molar-refractivity contribution in [2.24, 2.45) is 11.5 Å². The van der Waals surface area contributed by atoms with Gasteiger partial charge in [0.15, 0.2) is 0 Å². The topological polar surface area (TPSA) is 72.3 Å². The van der Waals surface area contributed by atoms with Crippen molar-refractivity contribution >= 4 is 44.5 Å². The number of carbonyl (C=O) groups excluding carboxylic acids is 1. The highest BCUT2D eigenvalue weighted by atomic mass is 35.5. The standard InChI is InChI=1S/C20H24ClN3OS/c1-11(5-7-22)13-9-12(2)17(21)18-16(13)14-10-24(8-6-15(14)26-18)19(25)20(3,4)23/h5,7,9H,1,6,8,10,22-23H2,2-4H3/b7-5-. The predicted octanol–water partition coefficient (Wildman–Crippen LogP) is 3.97. The zero-order valence-corrected chi connectivity index (χ0v) is 16.9. The van der Waals surface area contributed by atoms with E-state index >= 15 is 0 Å². The zero-order chi connectivity index (χ0) is 19.2. The fourth-order valence-corrected chi connectivity index (χ4v) is 4.98. The number of carbonyl (C=O) groups is 1. The number of nitrogens with two attached hydrogens (primary N) is 2. The Morgan fingerprint density at radius 2 is 2.15 bits per heavy atom. The first-order valence-electron chi connectivity index (χ1n) is 8.54. The molecule has 0 radical (unpaired) electrons. The third-order valence-electron chi connectivity index (χ3n) is 4.71. The molecule has 1 aliphatic heterocycles. The SMILES string of the molecule is C=C(/C=C\N)c1cc(C)c(Cl)c2sc3c(c12)CN(C(=O)C(C)(C)N)CC3. The van der Waals surface area contributed by atoms with Crippen LogP contribution in [0.2, 0.25) is 5.02 Å². The van der Waals surface area contributed by atoms with E-state index in [4.69, 9.17) is 23.1 Å². The van der Waals surface area contributed by atoms with Gasteiger partial charge in [0.05, 0.1) is 15.3 Å². The lowest BCUT2D eigenvalue weighted by atomic mass is 9.94. The van der Waals surface area contributed by atoms with Crippen LogP contribution in [0.15, 0.2) is 24.9 Å². The number of fused-ring (bicyclic) bond motifs is 3. The molecule has 3 rings (SSSR count). The van der Waals surface area contributed by atoms with Crippen LogP contribution in [0.4, 0.5) is 0 Å². The normalized spacial score (nSPS) is 14.9. The van der Waals surface area contributed by atoms with E-state index in [0.29, 0.717) is 13.1 Å². The summed E-state index contributed by atoms with van der Waals surface area (Å²) in [5.41, 5.74) is 14.7. The summed E-state index contributed by atoms with van der Waals surface area (Å²) < 4.78 is 1.06. The van der Waals surface area contributed by atoms with Crippen LogP contribution in [-0.2, 0) is 17.8 Å². The zero-order valence-electron chi connectivity index (χ0n) is 15.4. The molecule has 0 saturated carbocycles. The van der Waals surface area contributed by atoms with Gasteiger partial charge in [0.2, 0.25) is 5.91 Å². The highest BCUT2D eigenvalue weighted by Gasteiger charge is 2.32. The van der Waals surface area contributed by atoms with Gasteiger partial charge in [0.1, 0.15) is 0 Å². The second-order valence-corrected chi connectivity index (χ2v) is 8.83. The summed E-state index contributed by atoms with van der Waals surface area (Å²) in [4.78, 5) is 15.8. The van der Waals surface area contributed by atoms with E-state index in [1.165, 1.54) is 11.1 Å². The van der Waals surface area contributed by atoms with E-state index < -0.39 is 5.54 Å². The number of aryl methyl sites for hydroxylation is 1.